The maximum absolute atomic E-state index is 12.0. The lowest BCUT2D eigenvalue weighted by molar-refractivity contribution is -0.139. The number of aliphatic hydroxyl groups is 1. The minimum atomic E-state index is -1.14. The SMILES string of the molecule is O=C(NCCc1csc(-c2ccccc2)n1)C1(O)CCCC1. The van der Waals surface area contributed by atoms with Gasteiger partial charge in [0, 0.05) is 23.9 Å². The fraction of sp³-hybridized carbons (Fsp3) is 0.412. The fourth-order valence-corrected chi connectivity index (χ4v) is 3.65. The van der Waals surface area contributed by atoms with Crippen LogP contribution in [-0.2, 0) is 11.2 Å². The maximum Gasteiger partial charge on any atom is 0.251 e. The molecular formula is C17H20N2O2S. The largest absolute Gasteiger partial charge is 0.380 e. The van der Waals surface area contributed by atoms with Gasteiger partial charge in [-0.2, -0.15) is 0 Å². The molecule has 1 aliphatic rings. The molecule has 0 unspecified atom stereocenters. The molecule has 1 saturated carbocycles. The Morgan fingerprint density at radius 2 is 2.00 bits per heavy atom. The number of nitrogens with zero attached hydrogens (tertiary/aromatic N) is 1. The zero-order chi connectivity index (χ0) is 15.4. The summed E-state index contributed by atoms with van der Waals surface area (Å²) in [4.78, 5) is 16.6. The van der Waals surface area contributed by atoms with Crippen LogP contribution in [-0.4, -0.2) is 28.1 Å². The van der Waals surface area contributed by atoms with E-state index in [4.69, 9.17) is 0 Å². The van der Waals surface area contributed by atoms with Gasteiger partial charge in [-0.05, 0) is 25.7 Å². The van der Waals surface area contributed by atoms with Crippen LogP contribution in [0.4, 0.5) is 0 Å². The smallest absolute Gasteiger partial charge is 0.251 e. The molecule has 2 aromatic rings. The number of rotatable bonds is 5. The lowest BCUT2D eigenvalue weighted by atomic mass is 10.0. The van der Waals surface area contributed by atoms with Gasteiger partial charge in [0.2, 0.25) is 0 Å². The predicted molar refractivity (Wildman–Crippen MR) is 87.7 cm³/mol. The lowest BCUT2D eigenvalue weighted by Gasteiger charge is -2.20. The second kappa shape index (κ2) is 6.58. The van der Waals surface area contributed by atoms with E-state index in [1.54, 1.807) is 11.3 Å². The van der Waals surface area contributed by atoms with Gasteiger partial charge in [0.1, 0.15) is 10.6 Å². The van der Waals surface area contributed by atoms with Gasteiger partial charge in [0.05, 0.1) is 5.69 Å². The third-order valence-electron chi connectivity index (χ3n) is 4.09. The summed E-state index contributed by atoms with van der Waals surface area (Å²) in [5, 5.41) is 16.0. The van der Waals surface area contributed by atoms with E-state index in [0.29, 0.717) is 25.8 Å². The van der Waals surface area contributed by atoms with E-state index >= 15 is 0 Å². The Bertz CT molecular complexity index is 633. The Morgan fingerprint density at radius 1 is 1.27 bits per heavy atom. The molecule has 1 aliphatic carbocycles. The average molecular weight is 316 g/mol. The molecule has 3 rings (SSSR count). The van der Waals surface area contributed by atoms with Crippen LogP contribution in [0.25, 0.3) is 10.6 Å². The van der Waals surface area contributed by atoms with Gasteiger partial charge in [0.15, 0.2) is 0 Å². The van der Waals surface area contributed by atoms with Crippen molar-refractivity contribution in [2.24, 2.45) is 0 Å². The molecule has 0 radical (unpaired) electrons. The van der Waals surface area contributed by atoms with Crippen molar-refractivity contribution in [1.29, 1.82) is 0 Å². The van der Waals surface area contributed by atoms with E-state index in [-0.39, 0.29) is 5.91 Å². The van der Waals surface area contributed by atoms with Crippen LogP contribution in [0.5, 0.6) is 0 Å². The Labute approximate surface area is 134 Å². The molecule has 1 amide bonds. The monoisotopic (exact) mass is 316 g/mol. The van der Waals surface area contributed by atoms with Gasteiger partial charge in [-0.3, -0.25) is 4.79 Å². The van der Waals surface area contributed by atoms with Crippen LogP contribution >= 0.6 is 11.3 Å². The van der Waals surface area contributed by atoms with E-state index in [9.17, 15) is 9.90 Å². The van der Waals surface area contributed by atoms with Gasteiger partial charge >= 0.3 is 0 Å². The highest BCUT2D eigenvalue weighted by Crippen LogP contribution is 2.29. The summed E-state index contributed by atoms with van der Waals surface area (Å²) in [6.45, 7) is 0.513. The quantitative estimate of drug-likeness (QED) is 0.891. The maximum atomic E-state index is 12.0. The fourth-order valence-electron chi connectivity index (χ4n) is 2.79. The second-order valence-corrected chi connectivity index (χ2v) is 6.61. The topological polar surface area (TPSA) is 62.2 Å². The normalized spacial score (nSPS) is 16.6. The van der Waals surface area contributed by atoms with Crippen LogP contribution in [0.15, 0.2) is 35.7 Å². The van der Waals surface area contributed by atoms with Crippen molar-refractivity contribution >= 4 is 17.2 Å². The van der Waals surface area contributed by atoms with Crippen molar-refractivity contribution in [2.45, 2.75) is 37.7 Å². The zero-order valence-corrected chi connectivity index (χ0v) is 13.2. The van der Waals surface area contributed by atoms with Crippen molar-refractivity contribution < 1.29 is 9.90 Å². The molecule has 1 aromatic carbocycles. The standard InChI is InChI=1S/C17H20N2O2S/c20-16(17(21)9-4-5-10-17)18-11-8-14-12-22-15(19-14)13-6-2-1-3-7-13/h1-3,6-7,12,21H,4-5,8-11H2,(H,18,20). The Morgan fingerprint density at radius 3 is 2.73 bits per heavy atom. The second-order valence-electron chi connectivity index (χ2n) is 5.75. The molecule has 4 nitrogen and oxygen atoms in total. The van der Waals surface area contributed by atoms with Crippen molar-refractivity contribution in [3.05, 3.63) is 41.4 Å². The molecule has 5 heteroatoms. The molecule has 0 aliphatic heterocycles. The minimum Gasteiger partial charge on any atom is -0.380 e. The number of hydrogen-bond donors (Lipinski definition) is 2. The number of amides is 1. The van der Waals surface area contributed by atoms with Crippen LogP contribution in [0.2, 0.25) is 0 Å². The van der Waals surface area contributed by atoms with Gasteiger partial charge in [-0.25, -0.2) is 4.98 Å². The molecule has 1 aromatic heterocycles. The van der Waals surface area contributed by atoms with Gasteiger partial charge in [-0.1, -0.05) is 30.3 Å². The summed E-state index contributed by atoms with van der Waals surface area (Å²) < 4.78 is 0. The predicted octanol–water partition coefficient (Wildman–Crippen LogP) is 2.77. The molecule has 0 bridgehead atoms. The lowest BCUT2D eigenvalue weighted by Crippen LogP contribution is -2.45. The van der Waals surface area contributed by atoms with Crippen molar-refractivity contribution in [3.8, 4) is 10.6 Å². The summed E-state index contributed by atoms with van der Waals surface area (Å²) in [5.74, 6) is -0.233. The molecule has 0 atom stereocenters. The van der Waals surface area contributed by atoms with Crippen LogP contribution in [0.1, 0.15) is 31.4 Å². The first-order valence-corrected chi connectivity index (χ1v) is 8.56. The first kappa shape index (κ1) is 15.2. The molecule has 0 saturated heterocycles. The van der Waals surface area contributed by atoms with E-state index in [2.05, 4.69) is 10.3 Å². The minimum absolute atomic E-state index is 0.233. The van der Waals surface area contributed by atoms with E-state index in [1.165, 1.54) is 0 Å². The van der Waals surface area contributed by atoms with E-state index in [0.717, 1.165) is 29.1 Å². The highest BCUT2D eigenvalue weighted by atomic mass is 32.1. The molecule has 0 spiro atoms. The van der Waals surface area contributed by atoms with Crippen LogP contribution in [0.3, 0.4) is 0 Å². The van der Waals surface area contributed by atoms with Crippen molar-refractivity contribution in [2.75, 3.05) is 6.54 Å². The number of aromatic nitrogens is 1. The van der Waals surface area contributed by atoms with Crippen LogP contribution < -0.4 is 5.32 Å². The molecule has 2 N–H and O–H groups in total. The van der Waals surface area contributed by atoms with Gasteiger partial charge in [0.25, 0.3) is 5.91 Å². The van der Waals surface area contributed by atoms with Crippen LogP contribution in [0, 0.1) is 0 Å². The number of nitrogens with one attached hydrogen (secondary N) is 1. The Hall–Kier alpha value is -1.72. The third kappa shape index (κ3) is 3.36. The summed E-state index contributed by atoms with van der Waals surface area (Å²) in [6, 6.07) is 10.1. The van der Waals surface area contributed by atoms with E-state index in [1.807, 2.05) is 35.7 Å². The molecule has 22 heavy (non-hydrogen) atoms. The van der Waals surface area contributed by atoms with Crippen molar-refractivity contribution in [1.82, 2.24) is 10.3 Å². The Balaban J connectivity index is 1.52. The number of benzene rings is 1. The third-order valence-corrected chi connectivity index (χ3v) is 5.03. The highest BCUT2D eigenvalue weighted by Gasteiger charge is 2.38. The Kier molecular flexibility index (Phi) is 4.55. The first-order valence-electron chi connectivity index (χ1n) is 7.68. The molecule has 1 heterocycles. The number of carbonyl (C=O) groups excluding carboxylic acids is 1. The summed E-state index contributed by atoms with van der Waals surface area (Å²) in [7, 11) is 0. The van der Waals surface area contributed by atoms with Crippen molar-refractivity contribution in [3.63, 3.8) is 0 Å². The molecule has 116 valence electrons. The average Bonchev–Trinajstić information content (AvgIpc) is 3.18. The van der Waals surface area contributed by atoms with Gasteiger partial charge in [-0.15, -0.1) is 11.3 Å². The molecule has 1 fully saturated rings. The molecular weight excluding hydrogens is 296 g/mol. The summed E-state index contributed by atoms with van der Waals surface area (Å²) in [6.07, 6.45) is 3.69. The number of thiazole rings is 1. The number of carbonyl (C=O) groups is 1. The summed E-state index contributed by atoms with van der Waals surface area (Å²) >= 11 is 1.61. The zero-order valence-electron chi connectivity index (χ0n) is 12.4. The first-order chi connectivity index (χ1) is 10.7. The number of hydrogen-bond acceptors (Lipinski definition) is 4. The highest BCUT2D eigenvalue weighted by molar-refractivity contribution is 7.13. The van der Waals surface area contributed by atoms with Gasteiger partial charge < -0.3 is 10.4 Å². The van der Waals surface area contributed by atoms with E-state index < -0.39 is 5.60 Å². The summed E-state index contributed by atoms with van der Waals surface area (Å²) in [5.41, 5.74) is 0.947.